The van der Waals surface area contributed by atoms with Crippen LogP contribution in [0.5, 0.6) is 5.75 Å². The number of amides is 1. The van der Waals surface area contributed by atoms with Crippen LogP contribution in [0.15, 0.2) is 36.4 Å². The molecule has 0 aromatic heterocycles. The largest absolute Gasteiger partial charge is 0.507 e. The lowest BCUT2D eigenvalue weighted by atomic mass is 10.0. The van der Waals surface area contributed by atoms with Gasteiger partial charge in [0.1, 0.15) is 5.75 Å². The molecular formula is C14H11ClNO2. The summed E-state index contributed by atoms with van der Waals surface area (Å²) in [6, 6.07) is 13.0. The van der Waals surface area contributed by atoms with Crippen LogP contribution >= 0.6 is 11.6 Å². The Bertz CT molecular complexity index is 596. The Labute approximate surface area is 110 Å². The zero-order chi connectivity index (χ0) is 13.1. The quantitative estimate of drug-likeness (QED) is 0.872. The molecule has 1 radical (unpaired) electrons. The van der Waals surface area contributed by atoms with E-state index in [2.05, 4.69) is 11.4 Å². The van der Waals surface area contributed by atoms with E-state index in [1.54, 1.807) is 18.2 Å². The van der Waals surface area contributed by atoms with Crippen molar-refractivity contribution in [3.8, 4) is 16.9 Å². The van der Waals surface area contributed by atoms with E-state index < -0.39 is 0 Å². The summed E-state index contributed by atoms with van der Waals surface area (Å²) in [7, 11) is 1.51. The maximum absolute atomic E-state index is 11.4. The second-order valence-corrected chi connectivity index (χ2v) is 4.09. The standard InChI is InChI=1S/C14H11ClNO2/c1-16-14(18)11-7-6-9(8-13(11)17)10-4-2-3-5-12(10)15/h2-4,6-8,17H,1H3,(H,16,18). The molecule has 91 valence electrons. The van der Waals surface area contributed by atoms with Crippen LogP contribution in [0, 0.1) is 6.07 Å². The number of hydrogen-bond acceptors (Lipinski definition) is 2. The summed E-state index contributed by atoms with van der Waals surface area (Å²) in [6.07, 6.45) is 0. The third kappa shape index (κ3) is 2.31. The van der Waals surface area contributed by atoms with Crippen molar-refractivity contribution < 1.29 is 9.90 Å². The first-order valence-corrected chi connectivity index (χ1v) is 5.73. The smallest absolute Gasteiger partial charge is 0.254 e. The summed E-state index contributed by atoms with van der Waals surface area (Å²) in [6.45, 7) is 0. The molecule has 0 aliphatic heterocycles. The summed E-state index contributed by atoms with van der Waals surface area (Å²) in [5, 5.41) is 12.8. The predicted octanol–water partition coefficient (Wildman–Crippen LogP) is 2.87. The molecule has 0 saturated heterocycles. The van der Waals surface area contributed by atoms with Gasteiger partial charge in [0, 0.05) is 18.7 Å². The van der Waals surface area contributed by atoms with Crippen molar-refractivity contribution >= 4 is 17.5 Å². The van der Waals surface area contributed by atoms with Crippen LogP contribution < -0.4 is 5.32 Å². The molecule has 0 fully saturated rings. The number of nitrogens with one attached hydrogen (secondary N) is 1. The van der Waals surface area contributed by atoms with Crippen molar-refractivity contribution in [1.82, 2.24) is 5.32 Å². The molecule has 2 N–H and O–H groups in total. The van der Waals surface area contributed by atoms with Gasteiger partial charge in [-0.1, -0.05) is 35.9 Å². The minimum absolute atomic E-state index is 0.0771. The molecule has 4 heteroatoms. The number of carbonyl (C=O) groups excluding carboxylic acids is 1. The minimum Gasteiger partial charge on any atom is -0.507 e. The summed E-state index contributed by atoms with van der Waals surface area (Å²) in [5.41, 5.74) is 1.73. The molecule has 0 unspecified atom stereocenters. The monoisotopic (exact) mass is 260 g/mol. The molecule has 18 heavy (non-hydrogen) atoms. The first kappa shape index (κ1) is 12.5. The number of benzene rings is 2. The maximum Gasteiger partial charge on any atom is 0.254 e. The second-order valence-electron chi connectivity index (χ2n) is 3.71. The molecule has 3 nitrogen and oxygen atoms in total. The van der Waals surface area contributed by atoms with E-state index in [1.165, 1.54) is 13.1 Å². The molecule has 0 heterocycles. The third-order valence-electron chi connectivity index (χ3n) is 2.59. The van der Waals surface area contributed by atoms with E-state index in [0.717, 1.165) is 11.1 Å². The van der Waals surface area contributed by atoms with E-state index >= 15 is 0 Å². The van der Waals surface area contributed by atoms with Gasteiger partial charge in [0.05, 0.1) is 10.6 Å². The number of aromatic hydroxyl groups is 1. The molecule has 2 rings (SSSR count). The molecular weight excluding hydrogens is 250 g/mol. The Morgan fingerprint density at radius 1 is 1.39 bits per heavy atom. The number of hydrogen-bond donors (Lipinski definition) is 2. The molecule has 2 aromatic rings. The average molecular weight is 261 g/mol. The lowest BCUT2D eigenvalue weighted by Crippen LogP contribution is -2.17. The fraction of sp³-hybridized carbons (Fsp3) is 0.0714. The fourth-order valence-electron chi connectivity index (χ4n) is 1.67. The Morgan fingerprint density at radius 3 is 2.78 bits per heavy atom. The number of carbonyl (C=O) groups is 1. The van der Waals surface area contributed by atoms with Crippen LogP contribution in [0.2, 0.25) is 5.02 Å². The topological polar surface area (TPSA) is 49.3 Å². The zero-order valence-corrected chi connectivity index (χ0v) is 10.5. The van der Waals surface area contributed by atoms with Gasteiger partial charge in [-0.2, -0.15) is 0 Å². The minimum atomic E-state index is -0.329. The van der Waals surface area contributed by atoms with E-state index in [0.29, 0.717) is 5.02 Å². The molecule has 1 amide bonds. The van der Waals surface area contributed by atoms with Crippen LogP contribution in [0.3, 0.4) is 0 Å². The molecule has 0 aliphatic rings. The number of phenols is 1. The molecule has 0 bridgehead atoms. The lowest BCUT2D eigenvalue weighted by molar-refractivity contribution is 0.0960. The highest BCUT2D eigenvalue weighted by Crippen LogP contribution is 2.30. The first-order chi connectivity index (χ1) is 8.63. The van der Waals surface area contributed by atoms with Gasteiger partial charge < -0.3 is 10.4 Å². The molecule has 0 spiro atoms. The lowest BCUT2D eigenvalue weighted by Gasteiger charge is -2.07. The van der Waals surface area contributed by atoms with Gasteiger partial charge in [-0.05, 0) is 17.7 Å². The summed E-state index contributed by atoms with van der Waals surface area (Å²) in [5.74, 6) is -0.406. The zero-order valence-electron chi connectivity index (χ0n) is 9.70. The Hall–Kier alpha value is -2.00. The molecule has 0 saturated carbocycles. The Morgan fingerprint density at radius 2 is 2.17 bits per heavy atom. The summed E-state index contributed by atoms with van der Waals surface area (Å²) < 4.78 is 0. The van der Waals surface area contributed by atoms with Crippen LogP contribution in [-0.2, 0) is 0 Å². The van der Waals surface area contributed by atoms with E-state index in [4.69, 9.17) is 11.6 Å². The van der Waals surface area contributed by atoms with Crippen molar-refractivity contribution in [2.75, 3.05) is 7.05 Å². The van der Waals surface area contributed by atoms with Crippen LogP contribution in [0.4, 0.5) is 0 Å². The Balaban J connectivity index is 2.47. The highest BCUT2D eigenvalue weighted by atomic mass is 35.5. The van der Waals surface area contributed by atoms with Crippen LogP contribution in [0.25, 0.3) is 11.1 Å². The van der Waals surface area contributed by atoms with Gasteiger partial charge in [0.2, 0.25) is 0 Å². The predicted molar refractivity (Wildman–Crippen MR) is 70.8 cm³/mol. The first-order valence-electron chi connectivity index (χ1n) is 5.35. The molecule has 0 aliphatic carbocycles. The van der Waals surface area contributed by atoms with Crippen molar-refractivity contribution in [2.45, 2.75) is 0 Å². The van der Waals surface area contributed by atoms with Gasteiger partial charge >= 0.3 is 0 Å². The average Bonchev–Trinajstić information content (AvgIpc) is 2.38. The van der Waals surface area contributed by atoms with E-state index in [9.17, 15) is 9.90 Å². The highest BCUT2D eigenvalue weighted by Gasteiger charge is 2.11. The molecule has 2 aromatic carbocycles. The molecule has 0 atom stereocenters. The van der Waals surface area contributed by atoms with Gasteiger partial charge in [-0.15, -0.1) is 0 Å². The fourth-order valence-corrected chi connectivity index (χ4v) is 1.90. The SMILES string of the molecule is CNC(=O)c1ccc(-c2ccc[c]c2Cl)cc1O. The number of halogens is 1. The van der Waals surface area contributed by atoms with E-state index in [1.807, 2.05) is 12.1 Å². The van der Waals surface area contributed by atoms with Crippen molar-refractivity contribution in [1.29, 1.82) is 0 Å². The summed E-state index contributed by atoms with van der Waals surface area (Å²) >= 11 is 6.02. The second kappa shape index (κ2) is 5.10. The third-order valence-corrected chi connectivity index (χ3v) is 2.90. The van der Waals surface area contributed by atoms with Gasteiger partial charge in [-0.3, -0.25) is 4.79 Å². The van der Waals surface area contributed by atoms with Crippen molar-refractivity contribution in [3.63, 3.8) is 0 Å². The van der Waals surface area contributed by atoms with Crippen LogP contribution in [-0.4, -0.2) is 18.1 Å². The van der Waals surface area contributed by atoms with Crippen LogP contribution in [0.1, 0.15) is 10.4 Å². The maximum atomic E-state index is 11.4. The van der Waals surface area contributed by atoms with Crippen molar-refractivity contribution in [2.24, 2.45) is 0 Å². The number of rotatable bonds is 2. The van der Waals surface area contributed by atoms with Crippen molar-refractivity contribution in [3.05, 3.63) is 53.1 Å². The Kier molecular flexibility index (Phi) is 3.53. The van der Waals surface area contributed by atoms with Gasteiger partial charge in [0.25, 0.3) is 5.91 Å². The number of phenolic OH excluding ortho intramolecular Hbond substituents is 1. The van der Waals surface area contributed by atoms with Gasteiger partial charge in [-0.25, -0.2) is 0 Å². The van der Waals surface area contributed by atoms with E-state index in [-0.39, 0.29) is 17.2 Å². The van der Waals surface area contributed by atoms with Gasteiger partial charge in [0.15, 0.2) is 0 Å². The summed E-state index contributed by atoms with van der Waals surface area (Å²) in [4.78, 5) is 11.4. The normalized spacial score (nSPS) is 10.1. The highest BCUT2D eigenvalue weighted by molar-refractivity contribution is 6.33.